The molecule has 2 aromatic rings. The van der Waals surface area contributed by atoms with Crippen molar-refractivity contribution in [2.24, 2.45) is 0 Å². The monoisotopic (exact) mass is 176 g/mol. The molecule has 0 aromatic carbocycles. The molecule has 2 rings (SSSR count). The number of aliphatic hydroxyl groups is 1. The number of pyridine rings is 1. The molecule has 0 aliphatic carbocycles. The molecule has 4 heteroatoms. The SMILES string of the molecule is O=Cc1c[nH]c2ncc(CO)cc12. The highest BCUT2D eigenvalue weighted by Crippen LogP contribution is 2.15. The van der Waals surface area contributed by atoms with Gasteiger partial charge in [0, 0.05) is 23.3 Å². The molecule has 0 saturated heterocycles. The van der Waals surface area contributed by atoms with Gasteiger partial charge in [0.05, 0.1) is 6.61 Å². The number of carbonyl (C=O) groups is 1. The number of hydrogen-bond acceptors (Lipinski definition) is 3. The van der Waals surface area contributed by atoms with Crippen molar-refractivity contribution < 1.29 is 9.90 Å². The first-order chi connectivity index (χ1) is 6.35. The summed E-state index contributed by atoms with van der Waals surface area (Å²) in [5, 5.41) is 9.61. The van der Waals surface area contributed by atoms with Gasteiger partial charge in [0.25, 0.3) is 0 Å². The fourth-order valence-electron chi connectivity index (χ4n) is 1.25. The van der Waals surface area contributed by atoms with Crippen LogP contribution in [0.25, 0.3) is 11.0 Å². The van der Waals surface area contributed by atoms with Gasteiger partial charge in [-0.25, -0.2) is 4.98 Å². The van der Waals surface area contributed by atoms with Crippen LogP contribution in [0.5, 0.6) is 0 Å². The second-order valence-corrected chi connectivity index (χ2v) is 2.76. The highest BCUT2D eigenvalue weighted by atomic mass is 16.3. The minimum atomic E-state index is -0.0631. The second kappa shape index (κ2) is 2.99. The summed E-state index contributed by atoms with van der Waals surface area (Å²) in [6, 6.07) is 1.75. The number of nitrogens with one attached hydrogen (secondary N) is 1. The van der Waals surface area contributed by atoms with Crippen molar-refractivity contribution in [3.63, 3.8) is 0 Å². The van der Waals surface area contributed by atoms with Crippen LogP contribution in [0.1, 0.15) is 15.9 Å². The first kappa shape index (κ1) is 7.94. The Morgan fingerprint density at radius 3 is 3.15 bits per heavy atom. The number of carbonyl (C=O) groups excluding carboxylic acids is 1. The maximum atomic E-state index is 10.6. The summed E-state index contributed by atoms with van der Waals surface area (Å²) < 4.78 is 0. The minimum absolute atomic E-state index is 0.0631. The number of rotatable bonds is 2. The number of nitrogens with zero attached hydrogens (tertiary/aromatic N) is 1. The Hall–Kier alpha value is -1.68. The average molecular weight is 176 g/mol. The Morgan fingerprint density at radius 1 is 1.62 bits per heavy atom. The summed E-state index contributed by atoms with van der Waals surface area (Å²) >= 11 is 0. The van der Waals surface area contributed by atoms with Crippen LogP contribution in [-0.2, 0) is 6.61 Å². The molecule has 0 bridgehead atoms. The number of fused-ring (bicyclic) bond motifs is 1. The quantitative estimate of drug-likeness (QED) is 0.667. The zero-order chi connectivity index (χ0) is 9.26. The standard InChI is InChI=1S/C9H8N2O2/c12-4-6-1-8-7(5-13)3-11-9(8)10-2-6/h1-3,5,12H,4H2,(H,10,11). The molecule has 2 N–H and O–H groups in total. The lowest BCUT2D eigenvalue weighted by Crippen LogP contribution is -1.86. The van der Waals surface area contributed by atoms with Crippen molar-refractivity contribution >= 4 is 17.3 Å². The average Bonchev–Trinajstić information content (AvgIpc) is 2.59. The lowest BCUT2D eigenvalue weighted by atomic mass is 10.2. The van der Waals surface area contributed by atoms with Crippen LogP contribution < -0.4 is 0 Å². The van der Waals surface area contributed by atoms with Gasteiger partial charge in [0.1, 0.15) is 5.65 Å². The van der Waals surface area contributed by atoms with E-state index >= 15 is 0 Å². The van der Waals surface area contributed by atoms with Crippen molar-refractivity contribution in [1.82, 2.24) is 9.97 Å². The first-order valence-corrected chi connectivity index (χ1v) is 3.87. The molecule has 2 aromatic heterocycles. The van der Waals surface area contributed by atoms with Gasteiger partial charge in [-0.05, 0) is 11.6 Å². The number of hydrogen-bond donors (Lipinski definition) is 2. The van der Waals surface area contributed by atoms with Gasteiger partial charge in [-0.1, -0.05) is 0 Å². The van der Waals surface area contributed by atoms with E-state index in [0.717, 1.165) is 11.7 Å². The number of aromatic nitrogens is 2. The van der Waals surface area contributed by atoms with E-state index in [2.05, 4.69) is 9.97 Å². The summed E-state index contributed by atoms with van der Waals surface area (Å²) in [7, 11) is 0. The number of aromatic amines is 1. The molecule has 0 radical (unpaired) electrons. The highest BCUT2D eigenvalue weighted by Gasteiger charge is 2.03. The number of aldehydes is 1. The topological polar surface area (TPSA) is 66.0 Å². The summed E-state index contributed by atoms with van der Waals surface area (Å²) in [4.78, 5) is 17.5. The van der Waals surface area contributed by atoms with E-state index < -0.39 is 0 Å². The number of H-pyrrole nitrogens is 1. The molecule has 13 heavy (non-hydrogen) atoms. The predicted molar refractivity (Wildman–Crippen MR) is 47.4 cm³/mol. The van der Waals surface area contributed by atoms with Crippen molar-refractivity contribution in [1.29, 1.82) is 0 Å². The third-order valence-corrected chi connectivity index (χ3v) is 1.93. The van der Waals surface area contributed by atoms with Gasteiger partial charge in [-0.2, -0.15) is 0 Å². The second-order valence-electron chi connectivity index (χ2n) is 2.76. The van der Waals surface area contributed by atoms with Crippen molar-refractivity contribution in [2.45, 2.75) is 6.61 Å². The van der Waals surface area contributed by atoms with Crippen LogP contribution in [0.3, 0.4) is 0 Å². The largest absolute Gasteiger partial charge is 0.392 e. The van der Waals surface area contributed by atoms with E-state index in [1.807, 2.05) is 0 Å². The van der Waals surface area contributed by atoms with Crippen LogP contribution in [0.4, 0.5) is 0 Å². The van der Waals surface area contributed by atoms with Crippen LogP contribution in [0.2, 0.25) is 0 Å². The van der Waals surface area contributed by atoms with Crippen LogP contribution in [0, 0.1) is 0 Å². The van der Waals surface area contributed by atoms with Crippen LogP contribution in [0.15, 0.2) is 18.5 Å². The predicted octanol–water partition coefficient (Wildman–Crippen LogP) is 0.868. The summed E-state index contributed by atoms with van der Waals surface area (Å²) in [6.07, 6.45) is 3.95. The Kier molecular flexibility index (Phi) is 1.83. The van der Waals surface area contributed by atoms with Gasteiger partial charge in [-0.3, -0.25) is 4.79 Å². The summed E-state index contributed by atoms with van der Waals surface area (Å²) in [5.41, 5.74) is 1.94. The molecular weight excluding hydrogens is 168 g/mol. The Morgan fingerprint density at radius 2 is 2.46 bits per heavy atom. The molecule has 2 heterocycles. The van der Waals surface area contributed by atoms with E-state index in [9.17, 15) is 4.79 Å². The normalized spacial score (nSPS) is 10.5. The lowest BCUT2D eigenvalue weighted by Gasteiger charge is -1.94. The van der Waals surface area contributed by atoms with Gasteiger partial charge < -0.3 is 10.1 Å². The molecule has 0 atom stereocenters. The molecule has 0 spiro atoms. The lowest BCUT2D eigenvalue weighted by molar-refractivity contribution is 0.112. The highest BCUT2D eigenvalue weighted by molar-refractivity contribution is 5.95. The van der Waals surface area contributed by atoms with Gasteiger partial charge in [-0.15, -0.1) is 0 Å². The molecule has 66 valence electrons. The van der Waals surface area contributed by atoms with E-state index in [-0.39, 0.29) is 6.61 Å². The van der Waals surface area contributed by atoms with Crippen molar-refractivity contribution in [2.75, 3.05) is 0 Å². The molecule has 0 amide bonds. The molecule has 0 unspecified atom stereocenters. The van der Waals surface area contributed by atoms with E-state index in [0.29, 0.717) is 16.8 Å². The molecule has 0 aliphatic heterocycles. The van der Waals surface area contributed by atoms with E-state index in [1.165, 1.54) is 0 Å². The molecular formula is C9H8N2O2. The molecule has 4 nitrogen and oxygen atoms in total. The van der Waals surface area contributed by atoms with Crippen LogP contribution >= 0.6 is 0 Å². The molecule has 0 aliphatic rings. The maximum Gasteiger partial charge on any atom is 0.152 e. The minimum Gasteiger partial charge on any atom is -0.392 e. The summed E-state index contributed by atoms with van der Waals surface area (Å²) in [5.74, 6) is 0. The molecule has 0 saturated carbocycles. The molecule has 0 fully saturated rings. The smallest absolute Gasteiger partial charge is 0.152 e. The van der Waals surface area contributed by atoms with Gasteiger partial charge in [0.2, 0.25) is 0 Å². The Labute approximate surface area is 74.2 Å². The third kappa shape index (κ3) is 1.21. The van der Waals surface area contributed by atoms with Crippen LogP contribution in [-0.4, -0.2) is 21.4 Å². The first-order valence-electron chi connectivity index (χ1n) is 3.87. The fourth-order valence-corrected chi connectivity index (χ4v) is 1.25. The zero-order valence-electron chi connectivity index (χ0n) is 6.82. The zero-order valence-corrected chi connectivity index (χ0v) is 6.82. The maximum absolute atomic E-state index is 10.6. The van der Waals surface area contributed by atoms with E-state index in [4.69, 9.17) is 5.11 Å². The summed E-state index contributed by atoms with van der Waals surface area (Å²) in [6.45, 7) is -0.0631. The van der Waals surface area contributed by atoms with E-state index in [1.54, 1.807) is 18.5 Å². The number of aliphatic hydroxyl groups excluding tert-OH is 1. The van der Waals surface area contributed by atoms with Gasteiger partial charge in [0.15, 0.2) is 6.29 Å². The van der Waals surface area contributed by atoms with Gasteiger partial charge >= 0.3 is 0 Å². The third-order valence-electron chi connectivity index (χ3n) is 1.93. The van der Waals surface area contributed by atoms with Crippen molar-refractivity contribution in [3.8, 4) is 0 Å². The Bertz CT molecular complexity index is 448. The Balaban J connectivity index is 2.71. The fraction of sp³-hybridized carbons (Fsp3) is 0.111. The van der Waals surface area contributed by atoms with Crippen molar-refractivity contribution in [3.05, 3.63) is 29.6 Å².